The van der Waals surface area contributed by atoms with Gasteiger partial charge in [0.1, 0.15) is 5.69 Å². The lowest BCUT2D eigenvalue weighted by molar-refractivity contribution is -0.139. The van der Waals surface area contributed by atoms with E-state index < -0.39 is 17.4 Å². The third-order valence-corrected chi connectivity index (χ3v) is 3.04. The molecule has 0 saturated heterocycles. The topological polar surface area (TPSA) is 114 Å². The van der Waals surface area contributed by atoms with E-state index in [0.717, 1.165) is 0 Å². The number of carbonyl (C=O) groups is 2. The molecule has 0 radical (unpaired) electrons. The summed E-state index contributed by atoms with van der Waals surface area (Å²) < 4.78 is 4.52. The summed E-state index contributed by atoms with van der Waals surface area (Å²) in [6.45, 7) is 0. The number of esters is 1. The third kappa shape index (κ3) is 3.48. The minimum Gasteiger partial charge on any atom is -0.469 e. The first kappa shape index (κ1) is 13.9. The van der Waals surface area contributed by atoms with Crippen LogP contribution in [-0.2, 0) is 16.0 Å². The normalized spacial score (nSPS) is 10.1. The van der Waals surface area contributed by atoms with Gasteiger partial charge < -0.3 is 4.74 Å². The molecule has 2 rings (SSSR count). The van der Waals surface area contributed by atoms with E-state index in [9.17, 15) is 14.4 Å². The molecule has 0 bridgehead atoms. The number of amides is 1. The summed E-state index contributed by atoms with van der Waals surface area (Å²) in [6.07, 6.45) is 0.0414. The predicted molar refractivity (Wildman–Crippen MR) is 70.6 cm³/mol. The van der Waals surface area contributed by atoms with E-state index in [4.69, 9.17) is 0 Å². The van der Waals surface area contributed by atoms with Gasteiger partial charge in [0.05, 0.1) is 19.2 Å². The minimum atomic E-state index is -0.500. The second-order valence-electron chi connectivity index (χ2n) is 3.66. The van der Waals surface area contributed by atoms with Crippen LogP contribution in [0.4, 0.5) is 5.13 Å². The van der Waals surface area contributed by atoms with Gasteiger partial charge >= 0.3 is 5.97 Å². The van der Waals surface area contributed by atoms with Gasteiger partial charge in [-0.3, -0.25) is 19.7 Å². The van der Waals surface area contributed by atoms with Gasteiger partial charge in [-0.15, -0.1) is 11.3 Å². The maximum absolute atomic E-state index is 11.8. The highest BCUT2D eigenvalue weighted by Crippen LogP contribution is 2.16. The Kier molecular flexibility index (Phi) is 4.20. The van der Waals surface area contributed by atoms with Crippen LogP contribution in [0.5, 0.6) is 0 Å². The maximum atomic E-state index is 11.8. The lowest BCUT2D eigenvalue weighted by Crippen LogP contribution is -2.17. The van der Waals surface area contributed by atoms with Crippen molar-refractivity contribution in [2.45, 2.75) is 6.42 Å². The van der Waals surface area contributed by atoms with Gasteiger partial charge in [0.2, 0.25) is 0 Å². The Morgan fingerprint density at radius 1 is 1.45 bits per heavy atom. The molecule has 0 aliphatic carbocycles. The Morgan fingerprint density at radius 3 is 2.90 bits per heavy atom. The summed E-state index contributed by atoms with van der Waals surface area (Å²) in [7, 11) is 1.29. The summed E-state index contributed by atoms with van der Waals surface area (Å²) in [4.78, 5) is 37.8. The Balaban J connectivity index is 2.03. The third-order valence-electron chi connectivity index (χ3n) is 2.24. The van der Waals surface area contributed by atoms with Crippen LogP contribution in [0.3, 0.4) is 0 Å². The molecule has 2 aromatic heterocycles. The molecular weight excluding hydrogens is 284 g/mol. The minimum absolute atomic E-state index is 0.0414. The Hall–Kier alpha value is -2.55. The zero-order valence-corrected chi connectivity index (χ0v) is 11.2. The lowest BCUT2D eigenvalue weighted by Gasteiger charge is -1.99. The number of hydrogen-bond acceptors (Lipinski definition) is 7. The van der Waals surface area contributed by atoms with Crippen LogP contribution in [0.2, 0.25) is 0 Å². The van der Waals surface area contributed by atoms with Crippen molar-refractivity contribution in [1.82, 2.24) is 15.2 Å². The van der Waals surface area contributed by atoms with Crippen molar-refractivity contribution in [3.05, 3.63) is 39.3 Å². The second-order valence-corrected chi connectivity index (χ2v) is 4.52. The lowest BCUT2D eigenvalue weighted by atomic mass is 10.3. The molecule has 0 aliphatic heterocycles. The SMILES string of the molecule is COC(=O)Cc1csc(NC(=O)c2ccc(=O)[nH]n2)n1. The zero-order chi connectivity index (χ0) is 14.5. The van der Waals surface area contributed by atoms with Gasteiger partial charge in [-0.05, 0) is 6.07 Å². The van der Waals surface area contributed by atoms with E-state index in [1.54, 1.807) is 5.38 Å². The second kappa shape index (κ2) is 6.06. The molecule has 9 heteroatoms. The van der Waals surface area contributed by atoms with Crippen molar-refractivity contribution in [3.8, 4) is 0 Å². The Labute approximate surface area is 116 Å². The number of rotatable bonds is 4. The van der Waals surface area contributed by atoms with Gasteiger partial charge in [-0.1, -0.05) is 0 Å². The molecule has 2 N–H and O–H groups in total. The first-order chi connectivity index (χ1) is 9.58. The predicted octanol–water partition coefficient (Wildman–Crippen LogP) is 0.194. The number of thiazole rings is 1. The van der Waals surface area contributed by atoms with Crippen LogP contribution in [0, 0.1) is 0 Å². The molecule has 0 spiro atoms. The molecule has 1 amide bonds. The number of ether oxygens (including phenoxy) is 1. The number of nitrogens with zero attached hydrogens (tertiary/aromatic N) is 2. The molecule has 20 heavy (non-hydrogen) atoms. The number of nitrogens with one attached hydrogen (secondary N) is 2. The van der Waals surface area contributed by atoms with E-state index in [1.165, 1.54) is 30.6 Å². The van der Waals surface area contributed by atoms with E-state index in [2.05, 4.69) is 25.2 Å². The molecule has 0 atom stereocenters. The number of methoxy groups -OCH3 is 1. The highest BCUT2D eigenvalue weighted by Gasteiger charge is 2.12. The van der Waals surface area contributed by atoms with Crippen molar-refractivity contribution >= 4 is 28.3 Å². The molecule has 0 fully saturated rings. The average molecular weight is 294 g/mol. The summed E-state index contributed by atoms with van der Waals surface area (Å²) in [6, 6.07) is 2.50. The fourth-order valence-corrected chi connectivity index (χ4v) is 2.00. The smallest absolute Gasteiger partial charge is 0.311 e. The summed E-state index contributed by atoms with van der Waals surface area (Å²) in [5, 5.41) is 10.3. The Morgan fingerprint density at radius 2 is 2.25 bits per heavy atom. The molecule has 0 aliphatic rings. The quantitative estimate of drug-likeness (QED) is 0.778. The number of aromatic amines is 1. The van der Waals surface area contributed by atoms with Gasteiger partial charge in [-0.2, -0.15) is 5.10 Å². The van der Waals surface area contributed by atoms with Gasteiger partial charge in [0.25, 0.3) is 11.5 Å². The molecule has 0 unspecified atom stereocenters. The van der Waals surface area contributed by atoms with Gasteiger partial charge in [-0.25, -0.2) is 10.1 Å². The summed E-state index contributed by atoms with van der Waals surface area (Å²) >= 11 is 1.18. The van der Waals surface area contributed by atoms with Gasteiger partial charge in [0.15, 0.2) is 5.13 Å². The number of aromatic nitrogens is 3. The fraction of sp³-hybridized carbons (Fsp3) is 0.182. The number of anilines is 1. The molecule has 2 aromatic rings. The molecular formula is C11H10N4O4S. The number of hydrogen-bond donors (Lipinski definition) is 2. The average Bonchev–Trinajstić information content (AvgIpc) is 2.86. The number of carbonyl (C=O) groups excluding carboxylic acids is 2. The van der Waals surface area contributed by atoms with E-state index in [1.807, 2.05) is 0 Å². The van der Waals surface area contributed by atoms with Gasteiger partial charge in [0, 0.05) is 11.4 Å². The molecule has 104 valence electrons. The van der Waals surface area contributed by atoms with Crippen molar-refractivity contribution in [3.63, 3.8) is 0 Å². The van der Waals surface area contributed by atoms with Crippen LogP contribution in [-0.4, -0.2) is 34.2 Å². The van der Waals surface area contributed by atoms with Crippen LogP contribution >= 0.6 is 11.3 Å². The molecule has 2 heterocycles. The first-order valence-corrected chi connectivity index (χ1v) is 6.35. The van der Waals surface area contributed by atoms with Crippen LogP contribution in [0.1, 0.15) is 16.2 Å². The fourth-order valence-electron chi connectivity index (χ4n) is 1.30. The monoisotopic (exact) mass is 294 g/mol. The van der Waals surface area contributed by atoms with Crippen molar-refractivity contribution in [1.29, 1.82) is 0 Å². The highest BCUT2D eigenvalue weighted by atomic mass is 32.1. The molecule has 0 saturated carbocycles. The number of H-pyrrole nitrogens is 1. The Bertz CT molecular complexity index is 673. The largest absolute Gasteiger partial charge is 0.469 e. The van der Waals surface area contributed by atoms with E-state index >= 15 is 0 Å². The van der Waals surface area contributed by atoms with Crippen LogP contribution in [0.15, 0.2) is 22.3 Å². The maximum Gasteiger partial charge on any atom is 0.311 e. The van der Waals surface area contributed by atoms with Crippen LogP contribution < -0.4 is 10.9 Å². The van der Waals surface area contributed by atoms with Crippen molar-refractivity contribution in [2.75, 3.05) is 12.4 Å². The summed E-state index contributed by atoms with van der Waals surface area (Å²) in [5.41, 5.74) is 0.178. The molecule has 0 aromatic carbocycles. The van der Waals surface area contributed by atoms with E-state index in [0.29, 0.717) is 10.8 Å². The summed E-state index contributed by atoms with van der Waals surface area (Å²) in [5.74, 6) is -0.907. The highest BCUT2D eigenvalue weighted by molar-refractivity contribution is 7.14. The standard InChI is InChI=1S/C11H10N4O4S/c1-19-9(17)4-6-5-20-11(12-6)13-10(18)7-2-3-8(16)15-14-7/h2-3,5H,4H2,1H3,(H,15,16)(H,12,13,18). The van der Waals surface area contributed by atoms with Crippen molar-refractivity contribution < 1.29 is 14.3 Å². The first-order valence-electron chi connectivity index (χ1n) is 5.47. The van der Waals surface area contributed by atoms with Crippen molar-refractivity contribution in [2.24, 2.45) is 0 Å². The molecule has 8 nitrogen and oxygen atoms in total. The van der Waals surface area contributed by atoms with Crippen LogP contribution in [0.25, 0.3) is 0 Å². The van der Waals surface area contributed by atoms with E-state index in [-0.39, 0.29) is 12.1 Å². The zero-order valence-electron chi connectivity index (χ0n) is 10.4.